The first-order valence-electron chi connectivity index (χ1n) is 5.84. The lowest BCUT2D eigenvalue weighted by atomic mass is 9.98. The SMILES string of the molecule is O=c1[nH]cnc2sc3c(c12)CCCCCC3. The highest BCUT2D eigenvalue weighted by Crippen LogP contribution is 2.31. The number of hydrogen-bond acceptors (Lipinski definition) is 3. The molecule has 1 N–H and O–H groups in total. The topological polar surface area (TPSA) is 45.8 Å². The number of rotatable bonds is 0. The predicted octanol–water partition coefficient (Wildman–Crippen LogP) is 2.64. The van der Waals surface area contributed by atoms with Crippen molar-refractivity contribution >= 4 is 21.6 Å². The molecule has 0 fully saturated rings. The minimum absolute atomic E-state index is 0.0306. The van der Waals surface area contributed by atoms with Crippen LogP contribution >= 0.6 is 11.3 Å². The molecule has 2 heterocycles. The van der Waals surface area contributed by atoms with Crippen LogP contribution in [0.1, 0.15) is 36.1 Å². The summed E-state index contributed by atoms with van der Waals surface area (Å²) in [5, 5.41) is 0.851. The van der Waals surface area contributed by atoms with Crippen molar-refractivity contribution in [3.05, 3.63) is 27.1 Å². The molecular weight excluding hydrogens is 220 g/mol. The van der Waals surface area contributed by atoms with Crippen LogP contribution in [0.3, 0.4) is 0 Å². The Hall–Kier alpha value is -1.16. The Bertz CT molecular complexity index is 570. The van der Waals surface area contributed by atoms with E-state index in [0.717, 1.165) is 23.1 Å². The molecule has 0 atom stereocenters. The van der Waals surface area contributed by atoms with Crippen molar-refractivity contribution in [3.63, 3.8) is 0 Å². The second-order valence-corrected chi connectivity index (χ2v) is 5.41. The molecular formula is C12H14N2OS. The molecule has 0 unspecified atom stereocenters. The molecule has 2 aromatic rings. The maximum Gasteiger partial charge on any atom is 0.259 e. The number of hydrogen-bond donors (Lipinski definition) is 1. The molecule has 16 heavy (non-hydrogen) atoms. The Labute approximate surface area is 97.5 Å². The van der Waals surface area contributed by atoms with Crippen molar-refractivity contribution in [3.8, 4) is 0 Å². The van der Waals surface area contributed by atoms with Gasteiger partial charge in [0.15, 0.2) is 0 Å². The number of aromatic amines is 1. The summed E-state index contributed by atoms with van der Waals surface area (Å²) in [5.41, 5.74) is 1.30. The van der Waals surface area contributed by atoms with E-state index in [0.29, 0.717) is 0 Å². The molecule has 0 aliphatic heterocycles. The Balaban J connectivity index is 2.25. The highest BCUT2D eigenvalue weighted by Gasteiger charge is 2.16. The molecule has 0 radical (unpaired) electrons. The van der Waals surface area contributed by atoms with Gasteiger partial charge in [-0.2, -0.15) is 0 Å². The number of H-pyrrole nitrogens is 1. The molecule has 2 aromatic heterocycles. The fourth-order valence-electron chi connectivity index (χ4n) is 2.45. The average Bonchev–Trinajstić information content (AvgIpc) is 2.57. The van der Waals surface area contributed by atoms with E-state index in [1.165, 1.54) is 42.5 Å². The van der Waals surface area contributed by atoms with Gasteiger partial charge in [0.05, 0.1) is 11.7 Å². The monoisotopic (exact) mass is 234 g/mol. The van der Waals surface area contributed by atoms with Crippen molar-refractivity contribution in [2.45, 2.75) is 38.5 Å². The quantitative estimate of drug-likeness (QED) is 0.761. The van der Waals surface area contributed by atoms with Gasteiger partial charge in [-0.1, -0.05) is 12.8 Å². The van der Waals surface area contributed by atoms with Crippen molar-refractivity contribution in [1.82, 2.24) is 9.97 Å². The van der Waals surface area contributed by atoms with Gasteiger partial charge in [-0.15, -0.1) is 11.3 Å². The lowest BCUT2D eigenvalue weighted by Gasteiger charge is -2.08. The van der Waals surface area contributed by atoms with Gasteiger partial charge in [0.2, 0.25) is 0 Å². The van der Waals surface area contributed by atoms with Crippen LogP contribution in [-0.4, -0.2) is 9.97 Å². The lowest BCUT2D eigenvalue weighted by Crippen LogP contribution is -2.07. The molecule has 0 amide bonds. The number of nitrogens with one attached hydrogen (secondary N) is 1. The van der Waals surface area contributed by atoms with Crippen LogP contribution in [0, 0.1) is 0 Å². The van der Waals surface area contributed by atoms with Crippen LogP contribution in [0.5, 0.6) is 0 Å². The minimum Gasteiger partial charge on any atom is -0.313 e. The Morgan fingerprint density at radius 2 is 2.00 bits per heavy atom. The summed E-state index contributed by atoms with van der Waals surface area (Å²) >= 11 is 1.71. The molecule has 84 valence electrons. The van der Waals surface area contributed by atoms with E-state index in [4.69, 9.17) is 0 Å². The van der Waals surface area contributed by atoms with Crippen LogP contribution in [0.2, 0.25) is 0 Å². The van der Waals surface area contributed by atoms with Gasteiger partial charge in [0.1, 0.15) is 4.83 Å². The van der Waals surface area contributed by atoms with Crippen LogP contribution in [-0.2, 0) is 12.8 Å². The standard InChI is InChI=1S/C12H14N2OS/c15-11-10-8-5-3-1-2-4-6-9(8)16-12(10)14-7-13-11/h7H,1-6H2,(H,13,14,15). The fourth-order valence-corrected chi connectivity index (χ4v) is 3.68. The first kappa shape index (κ1) is 10.0. The number of fused-ring (bicyclic) bond motifs is 3. The summed E-state index contributed by atoms with van der Waals surface area (Å²) in [6.07, 6.45) is 8.73. The molecule has 3 nitrogen and oxygen atoms in total. The van der Waals surface area contributed by atoms with E-state index in [2.05, 4.69) is 9.97 Å². The molecule has 0 saturated heterocycles. The zero-order chi connectivity index (χ0) is 11.0. The third-order valence-electron chi connectivity index (χ3n) is 3.26. The van der Waals surface area contributed by atoms with Crippen molar-refractivity contribution in [1.29, 1.82) is 0 Å². The number of nitrogens with zero attached hydrogens (tertiary/aromatic N) is 1. The van der Waals surface area contributed by atoms with Gasteiger partial charge in [-0.3, -0.25) is 4.79 Å². The van der Waals surface area contributed by atoms with E-state index < -0.39 is 0 Å². The van der Waals surface area contributed by atoms with Gasteiger partial charge in [-0.05, 0) is 31.2 Å². The molecule has 3 rings (SSSR count). The summed E-state index contributed by atoms with van der Waals surface area (Å²) in [5.74, 6) is 0. The summed E-state index contributed by atoms with van der Waals surface area (Å²) in [7, 11) is 0. The predicted molar refractivity (Wildman–Crippen MR) is 66.1 cm³/mol. The third-order valence-corrected chi connectivity index (χ3v) is 4.46. The van der Waals surface area contributed by atoms with E-state index in [9.17, 15) is 4.79 Å². The van der Waals surface area contributed by atoms with E-state index in [1.807, 2.05) is 0 Å². The van der Waals surface area contributed by atoms with Gasteiger partial charge < -0.3 is 4.98 Å². The summed E-state index contributed by atoms with van der Waals surface area (Å²) in [4.78, 5) is 21.1. The molecule has 0 spiro atoms. The largest absolute Gasteiger partial charge is 0.313 e. The zero-order valence-corrected chi connectivity index (χ0v) is 9.90. The maximum absolute atomic E-state index is 11.8. The van der Waals surface area contributed by atoms with Crippen LogP contribution < -0.4 is 5.56 Å². The van der Waals surface area contributed by atoms with E-state index >= 15 is 0 Å². The maximum atomic E-state index is 11.8. The highest BCUT2D eigenvalue weighted by atomic mass is 32.1. The first-order valence-corrected chi connectivity index (χ1v) is 6.66. The summed E-state index contributed by atoms with van der Waals surface area (Å²) in [6, 6.07) is 0. The normalized spacial score (nSPS) is 16.8. The second-order valence-electron chi connectivity index (χ2n) is 4.33. The van der Waals surface area contributed by atoms with Crippen molar-refractivity contribution in [2.24, 2.45) is 0 Å². The van der Waals surface area contributed by atoms with E-state index in [-0.39, 0.29) is 5.56 Å². The molecule has 1 aliphatic carbocycles. The second kappa shape index (κ2) is 4.01. The molecule has 1 aliphatic rings. The molecule has 0 saturated carbocycles. The Kier molecular flexibility index (Phi) is 2.52. The Morgan fingerprint density at radius 3 is 2.88 bits per heavy atom. The lowest BCUT2D eigenvalue weighted by molar-refractivity contribution is 0.623. The van der Waals surface area contributed by atoms with Crippen molar-refractivity contribution < 1.29 is 0 Å². The molecule has 0 aromatic carbocycles. The van der Waals surface area contributed by atoms with Crippen molar-refractivity contribution in [2.75, 3.05) is 0 Å². The fraction of sp³-hybridized carbons (Fsp3) is 0.500. The average molecular weight is 234 g/mol. The number of thiophene rings is 1. The Morgan fingerprint density at radius 1 is 1.19 bits per heavy atom. The van der Waals surface area contributed by atoms with Gasteiger partial charge in [-0.25, -0.2) is 4.98 Å². The number of aryl methyl sites for hydroxylation is 2. The van der Waals surface area contributed by atoms with Crippen LogP contribution in [0.4, 0.5) is 0 Å². The number of aromatic nitrogens is 2. The minimum atomic E-state index is 0.0306. The van der Waals surface area contributed by atoms with Gasteiger partial charge in [0.25, 0.3) is 5.56 Å². The zero-order valence-electron chi connectivity index (χ0n) is 9.08. The molecule has 4 heteroatoms. The smallest absolute Gasteiger partial charge is 0.259 e. The van der Waals surface area contributed by atoms with Gasteiger partial charge in [0, 0.05) is 4.88 Å². The highest BCUT2D eigenvalue weighted by molar-refractivity contribution is 7.18. The van der Waals surface area contributed by atoms with Crippen LogP contribution in [0.15, 0.2) is 11.1 Å². The van der Waals surface area contributed by atoms with E-state index in [1.54, 1.807) is 11.3 Å². The third kappa shape index (κ3) is 1.57. The molecule has 0 bridgehead atoms. The summed E-state index contributed by atoms with van der Waals surface area (Å²) < 4.78 is 0. The first-order chi connectivity index (χ1) is 7.86. The van der Waals surface area contributed by atoms with Crippen LogP contribution in [0.25, 0.3) is 10.2 Å². The summed E-state index contributed by atoms with van der Waals surface area (Å²) in [6.45, 7) is 0. The van der Waals surface area contributed by atoms with Gasteiger partial charge >= 0.3 is 0 Å².